The smallest absolute Gasteiger partial charge is 0.410 e. The van der Waals surface area contributed by atoms with Gasteiger partial charge in [-0.3, -0.25) is 4.90 Å². The Kier molecular flexibility index (Phi) is 4.17. The maximum atomic E-state index is 12.5. The molecule has 4 rings (SSSR count). The van der Waals surface area contributed by atoms with Crippen LogP contribution in [0.4, 0.5) is 4.79 Å². The third kappa shape index (κ3) is 2.77. The van der Waals surface area contributed by atoms with E-state index in [2.05, 4.69) is 30.2 Å². The molecule has 0 N–H and O–H groups in total. The number of fused-ring (bicyclic) bond motifs is 3. The Hall–Kier alpha value is -2.77. The van der Waals surface area contributed by atoms with E-state index < -0.39 is 0 Å². The second-order valence-electron chi connectivity index (χ2n) is 6.25. The highest BCUT2D eigenvalue weighted by Gasteiger charge is 2.31. The normalized spacial score (nSPS) is 19.0. The highest BCUT2D eigenvalue weighted by Crippen LogP contribution is 2.44. The molecule has 0 bridgehead atoms. The van der Waals surface area contributed by atoms with E-state index in [1.165, 1.54) is 22.3 Å². The fourth-order valence-corrected chi connectivity index (χ4v) is 3.64. The average Bonchev–Trinajstić information content (AvgIpc) is 3.00. The highest BCUT2D eigenvalue weighted by molar-refractivity contribution is 5.79. The molecule has 1 amide bonds. The number of ether oxygens (including phenoxy) is 2. The minimum Gasteiger partial charge on any atom is -0.448 e. The van der Waals surface area contributed by atoms with Crippen molar-refractivity contribution in [1.82, 2.24) is 4.90 Å². The van der Waals surface area contributed by atoms with Crippen LogP contribution in [0.1, 0.15) is 17.0 Å². The number of hydrogen-bond donors (Lipinski definition) is 0. The molecule has 2 aliphatic rings. The van der Waals surface area contributed by atoms with Gasteiger partial charge in [-0.25, -0.2) is 4.79 Å². The SMILES string of the molecule is C#CC1COCCN1C(=O)OCC1c2ccccc2-c2ccccc21. The van der Waals surface area contributed by atoms with Crippen LogP contribution in [0.3, 0.4) is 0 Å². The molecule has 1 atom stereocenters. The lowest BCUT2D eigenvalue weighted by Crippen LogP contribution is -2.48. The van der Waals surface area contributed by atoms with Gasteiger partial charge in [-0.05, 0) is 22.3 Å². The van der Waals surface area contributed by atoms with Gasteiger partial charge in [-0.2, -0.15) is 0 Å². The van der Waals surface area contributed by atoms with E-state index in [-0.39, 0.29) is 18.1 Å². The lowest BCUT2D eigenvalue weighted by molar-refractivity contribution is 0.00754. The lowest BCUT2D eigenvalue weighted by atomic mass is 9.98. The summed E-state index contributed by atoms with van der Waals surface area (Å²) in [4.78, 5) is 14.1. The van der Waals surface area contributed by atoms with Gasteiger partial charge in [0.2, 0.25) is 0 Å². The summed E-state index contributed by atoms with van der Waals surface area (Å²) in [6.07, 6.45) is 5.13. The average molecular weight is 333 g/mol. The first kappa shape index (κ1) is 15.7. The van der Waals surface area contributed by atoms with Gasteiger partial charge in [-0.1, -0.05) is 54.5 Å². The Balaban J connectivity index is 1.53. The Morgan fingerprint density at radius 3 is 2.44 bits per heavy atom. The van der Waals surface area contributed by atoms with Gasteiger partial charge in [-0.15, -0.1) is 6.42 Å². The molecule has 2 aromatic carbocycles. The van der Waals surface area contributed by atoms with Crippen molar-refractivity contribution in [3.8, 4) is 23.5 Å². The zero-order chi connectivity index (χ0) is 17.2. The molecule has 1 saturated heterocycles. The summed E-state index contributed by atoms with van der Waals surface area (Å²) in [5.74, 6) is 2.65. The maximum Gasteiger partial charge on any atom is 0.410 e. The molecule has 2 aromatic rings. The van der Waals surface area contributed by atoms with Crippen LogP contribution in [0.2, 0.25) is 0 Å². The zero-order valence-corrected chi connectivity index (χ0v) is 13.9. The van der Waals surface area contributed by atoms with Crippen LogP contribution >= 0.6 is 0 Å². The van der Waals surface area contributed by atoms with E-state index in [4.69, 9.17) is 15.9 Å². The summed E-state index contributed by atoms with van der Waals surface area (Å²) in [5, 5.41) is 0. The summed E-state index contributed by atoms with van der Waals surface area (Å²) in [6.45, 7) is 1.62. The summed E-state index contributed by atoms with van der Waals surface area (Å²) in [7, 11) is 0. The fourth-order valence-electron chi connectivity index (χ4n) is 3.64. The Morgan fingerprint density at radius 2 is 1.80 bits per heavy atom. The van der Waals surface area contributed by atoms with Gasteiger partial charge in [0.25, 0.3) is 0 Å². The van der Waals surface area contributed by atoms with Gasteiger partial charge in [0.1, 0.15) is 12.6 Å². The van der Waals surface area contributed by atoms with Crippen molar-refractivity contribution in [1.29, 1.82) is 0 Å². The molecule has 1 aliphatic heterocycles. The van der Waals surface area contributed by atoms with E-state index in [1.54, 1.807) is 4.90 Å². The molecule has 0 radical (unpaired) electrons. The van der Waals surface area contributed by atoms with Gasteiger partial charge in [0, 0.05) is 12.5 Å². The summed E-state index contributed by atoms with van der Waals surface area (Å²) < 4.78 is 11.0. The summed E-state index contributed by atoms with van der Waals surface area (Å²) in [6, 6.07) is 16.2. The number of benzene rings is 2. The molecule has 25 heavy (non-hydrogen) atoms. The van der Waals surface area contributed by atoms with E-state index in [0.29, 0.717) is 26.4 Å². The van der Waals surface area contributed by atoms with E-state index in [1.807, 2.05) is 24.3 Å². The molecular weight excluding hydrogens is 314 g/mol. The summed E-state index contributed by atoms with van der Waals surface area (Å²) in [5.41, 5.74) is 4.83. The number of amides is 1. The molecule has 1 unspecified atom stereocenters. The molecule has 1 heterocycles. The molecule has 4 heteroatoms. The lowest BCUT2D eigenvalue weighted by Gasteiger charge is -2.31. The Morgan fingerprint density at radius 1 is 1.16 bits per heavy atom. The third-order valence-electron chi connectivity index (χ3n) is 4.89. The van der Waals surface area contributed by atoms with Crippen LogP contribution in [0.5, 0.6) is 0 Å². The Labute approximate surface area is 147 Å². The fraction of sp³-hybridized carbons (Fsp3) is 0.286. The van der Waals surface area contributed by atoms with Gasteiger partial charge < -0.3 is 9.47 Å². The number of carbonyl (C=O) groups is 1. The van der Waals surface area contributed by atoms with Crippen LogP contribution in [0.15, 0.2) is 48.5 Å². The van der Waals surface area contributed by atoms with Crippen LogP contribution in [0.25, 0.3) is 11.1 Å². The zero-order valence-electron chi connectivity index (χ0n) is 13.9. The topological polar surface area (TPSA) is 38.8 Å². The first-order chi connectivity index (χ1) is 12.3. The van der Waals surface area contributed by atoms with E-state index in [0.717, 1.165) is 0 Å². The number of rotatable bonds is 2. The van der Waals surface area contributed by atoms with Gasteiger partial charge in [0.05, 0.1) is 13.2 Å². The molecule has 0 spiro atoms. The van der Waals surface area contributed by atoms with E-state index >= 15 is 0 Å². The predicted molar refractivity (Wildman–Crippen MR) is 95.2 cm³/mol. The van der Waals surface area contributed by atoms with Crippen LogP contribution in [-0.2, 0) is 9.47 Å². The first-order valence-electron chi connectivity index (χ1n) is 8.45. The largest absolute Gasteiger partial charge is 0.448 e. The number of hydrogen-bond acceptors (Lipinski definition) is 3. The maximum absolute atomic E-state index is 12.5. The van der Waals surface area contributed by atoms with Crippen molar-refractivity contribution in [2.24, 2.45) is 0 Å². The molecular formula is C21H19NO3. The van der Waals surface area contributed by atoms with Crippen molar-refractivity contribution >= 4 is 6.09 Å². The number of nitrogens with zero attached hydrogens (tertiary/aromatic N) is 1. The molecule has 1 aliphatic carbocycles. The van der Waals surface area contributed by atoms with Crippen molar-refractivity contribution in [3.05, 3.63) is 59.7 Å². The highest BCUT2D eigenvalue weighted by atomic mass is 16.6. The summed E-state index contributed by atoms with van der Waals surface area (Å²) >= 11 is 0. The van der Waals surface area contributed by atoms with Crippen molar-refractivity contribution < 1.29 is 14.3 Å². The first-order valence-corrected chi connectivity index (χ1v) is 8.45. The molecule has 4 nitrogen and oxygen atoms in total. The minimum atomic E-state index is -0.367. The second-order valence-corrected chi connectivity index (χ2v) is 6.25. The Bertz CT molecular complexity index is 794. The molecule has 0 aromatic heterocycles. The standard InChI is InChI=1S/C21H19NO3/c1-2-15-13-24-12-11-22(15)21(23)25-14-20-18-9-5-3-7-16(18)17-8-4-6-10-19(17)20/h1,3-10,15,20H,11-14H2. The monoisotopic (exact) mass is 333 g/mol. The van der Waals surface area contributed by atoms with Crippen molar-refractivity contribution in [2.45, 2.75) is 12.0 Å². The molecule has 1 fully saturated rings. The van der Waals surface area contributed by atoms with E-state index in [9.17, 15) is 4.79 Å². The van der Waals surface area contributed by atoms with Gasteiger partial charge >= 0.3 is 6.09 Å². The molecule has 0 saturated carbocycles. The van der Waals surface area contributed by atoms with Crippen molar-refractivity contribution in [3.63, 3.8) is 0 Å². The number of morpholine rings is 1. The van der Waals surface area contributed by atoms with Crippen molar-refractivity contribution in [2.75, 3.05) is 26.4 Å². The number of terminal acetylenes is 1. The van der Waals surface area contributed by atoms with Crippen LogP contribution in [-0.4, -0.2) is 43.4 Å². The van der Waals surface area contributed by atoms with Crippen LogP contribution < -0.4 is 0 Å². The quantitative estimate of drug-likeness (QED) is 0.792. The predicted octanol–water partition coefficient (Wildman–Crippen LogP) is 3.27. The third-order valence-corrected chi connectivity index (χ3v) is 4.89. The second kappa shape index (κ2) is 6.62. The minimum absolute atomic E-state index is 0.0571. The molecule has 126 valence electrons. The van der Waals surface area contributed by atoms with Crippen LogP contribution in [0, 0.1) is 12.3 Å². The number of carbonyl (C=O) groups excluding carboxylic acids is 1. The van der Waals surface area contributed by atoms with Gasteiger partial charge in [0.15, 0.2) is 0 Å².